The van der Waals surface area contributed by atoms with Crippen LogP contribution in [0, 0.1) is 0 Å². The molecule has 2 aromatic rings. The number of aliphatic hydroxyl groups excluding tert-OH is 1. The Labute approximate surface area is 128 Å². The average Bonchev–Trinajstić information content (AvgIpc) is 2.58. The van der Waals surface area contributed by atoms with Crippen molar-refractivity contribution in [3.63, 3.8) is 0 Å². The van der Waals surface area contributed by atoms with Crippen LogP contribution in [0.25, 0.3) is 10.4 Å². The van der Waals surface area contributed by atoms with Gasteiger partial charge in [0.05, 0.1) is 12.1 Å². The Morgan fingerprint density at radius 3 is 2.27 bits per heavy atom. The second-order valence-corrected chi connectivity index (χ2v) is 4.96. The van der Waals surface area contributed by atoms with Gasteiger partial charge in [0.15, 0.2) is 5.78 Å². The largest absolute Gasteiger partial charge is 0.392 e. The number of nitrogens with zero attached hydrogens (tertiary/aromatic N) is 3. The summed E-state index contributed by atoms with van der Waals surface area (Å²) in [6.07, 6.45) is -0.451. The predicted octanol–water partition coefficient (Wildman–Crippen LogP) is 4.06. The molecule has 2 rings (SSSR count). The zero-order valence-corrected chi connectivity index (χ0v) is 12.0. The van der Waals surface area contributed by atoms with Crippen molar-refractivity contribution >= 4 is 5.78 Å². The quantitative estimate of drug-likeness (QED) is 0.361. The van der Waals surface area contributed by atoms with Crippen molar-refractivity contribution in [2.24, 2.45) is 5.11 Å². The summed E-state index contributed by atoms with van der Waals surface area (Å²) in [5, 5.41) is 13.9. The van der Waals surface area contributed by atoms with E-state index in [-0.39, 0.29) is 18.6 Å². The van der Waals surface area contributed by atoms with Gasteiger partial charge in [-0.3, -0.25) is 4.79 Å². The maximum Gasteiger partial charge on any atom is 0.162 e. The summed E-state index contributed by atoms with van der Waals surface area (Å²) in [5.74, 6) is -0.0348. The first-order chi connectivity index (χ1) is 10.7. The molecule has 0 amide bonds. The van der Waals surface area contributed by atoms with E-state index in [0.29, 0.717) is 5.56 Å². The van der Waals surface area contributed by atoms with Gasteiger partial charge in [0.1, 0.15) is 0 Å². The third-order valence-corrected chi connectivity index (χ3v) is 3.44. The number of carbonyl (C=O) groups is 1. The van der Waals surface area contributed by atoms with Crippen LogP contribution in [0.4, 0.5) is 0 Å². The summed E-state index contributed by atoms with van der Waals surface area (Å²) in [6.45, 7) is 0. The molecule has 0 aliphatic heterocycles. The summed E-state index contributed by atoms with van der Waals surface area (Å²) in [7, 11) is 0. The molecule has 5 heteroatoms. The van der Waals surface area contributed by atoms with Crippen molar-refractivity contribution in [2.45, 2.75) is 25.0 Å². The number of hydrogen-bond acceptors (Lipinski definition) is 3. The standard InChI is InChI=1S/C17H17N3O2/c18-20-19-17(14-9-5-2-6-10-14)16(22)12-11-15(21)13-7-3-1-4-8-13/h1-10,16-17,22H,11-12H2/t16-,17+/m1/s1. The number of benzene rings is 2. The molecular formula is C17H17N3O2. The molecule has 112 valence electrons. The van der Waals surface area contributed by atoms with Crippen LogP contribution in [-0.2, 0) is 0 Å². The van der Waals surface area contributed by atoms with Crippen molar-refractivity contribution in [2.75, 3.05) is 0 Å². The number of hydrogen-bond donors (Lipinski definition) is 1. The monoisotopic (exact) mass is 295 g/mol. The summed E-state index contributed by atoms with van der Waals surface area (Å²) in [4.78, 5) is 14.9. The zero-order chi connectivity index (χ0) is 15.8. The molecule has 22 heavy (non-hydrogen) atoms. The van der Waals surface area contributed by atoms with E-state index >= 15 is 0 Å². The van der Waals surface area contributed by atoms with Gasteiger partial charge in [-0.25, -0.2) is 0 Å². The molecule has 2 atom stereocenters. The van der Waals surface area contributed by atoms with E-state index in [0.717, 1.165) is 5.56 Å². The van der Waals surface area contributed by atoms with Crippen molar-refractivity contribution in [1.29, 1.82) is 0 Å². The second kappa shape index (κ2) is 7.98. The molecule has 0 saturated heterocycles. The van der Waals surface area contributed by atoms with Gasteiger partial charge in [0.25, 0.3) is 0 Å². The van der Waals surface area contributed by atoms with E-state index in [1.165, 1.54) is 0 Å². The lowest BCUT2D eigenvalue weighted by molar-refractivity contribution is 0.0914. The summed E-state index contributed by atoms with van der Waals surface area (Å²) < 4.78 is 0. The van der Waals surface area contributed by atoms with Gasteiger partial charge < -0.3 is 5.11 Å². The minimum atomic E-state index is -0.897. The van der Waals surface area contributed by atoms with Gasteiger partial charge in [0, 0.05) is 16.9 Å². The van der Waals surface area contributed by atoms with Gasteiger partial charge in [-0.05, 0) is 17.5 Å². The fraction of sp³-hybridized carbons (Fsp3) is 0.235. The van der Waals surface area contributed by atoms with Crippen LogP contribution in [0.2, 0.25) is 0 Å². The molecule has 0 aromatic heterocycles. The van der Waals surface area contributed by atoms with Crippen molar-refractivity contribution in [3.8, 4) is 0 Å². The van der Waals surface area contributed by atoms with Crippen LogP contribution in [0.1, 0.15) is 34.8 Å². The molecule has 0 spiro atoms. The van der Waals surface area contributed by atoms with E-state index in [1.54, 1.807) is 36.4 Å². The van der Waals surface area contributed by atoms with Crippen LogP contribution in [0.3, 0.4) is 0 Å². The number of Topliss-reactive ketones (excluding diaryl/α,β-unsaturated/α-hetero) is 1. The maximum absolute atomic E-state index is 12.1. The highest BCUT2D eigenvalue weighted by Gasteiger charge is 2.20. The fourth-order valence-corrected chi connectivity index (χ4v) is 2.28. The molecule has 0 aliphatic carbocycles. The van der Waals surface area contributed by atoms with Gasteiger partial charge in [-0.1, -0.05) is 65.8 Å². The fourth-order valence-electron chi connectivity index (χ4n) is 2.28. The smallest absolute Gasteiger partial charge is 0.162 e. The maximum atomic E-state index is 12.1. The predicted molar refractivity (Wildman–Crippen MR) is 84.3 cm³/mol. The van der Waals surface area contributed by atoms with Crippen LogP contribution in [0.15, 0.2) is 65.8 Å². The first-order valence-corrected chi connectivity index (χ1v) is 7.08. The molecule has 0 radical (unpaired) electrons. The zero-order valence-electron chi connectivity index (χ0n) is 12.0. The SMILES string of the molecule is [N-]=[N+]=N[C@@H](c1ccccc1)[C@H](O)CCC(=O)c1ccccc1. The van der Waals surface area contributed by atoms with Crippen LogP contribution in [0.5, 0.6) is 0 Å². The lowest BCUT2D eigenvalue weighted by Crippen LogP contribution is -2.18. The summed E-state index contributed by atoms with van der Waals surface area (Å²) in [6, 6.07) is 17.3. The van der Waals surface area contributed by atoms with E-state index < -0.39 is 12.1 Å². The number of rotatable bonds is 7. The molecule has 5 nitrogen and oxygen atoms in total. The minimum Gasteiger partial charge on any atom is -0.392 e. The normalized spacial score (nSPS) is 13.0. The third kappa shape index (κ3) is 4.19. The second-order valence-electron chi connectivity index (χ2n) is 4.96. The molecule has 0 bridgehead atoms. The van der Waals surface area contributed by atoms with Crippen LogP contribution >= 0.6 is 0 Å². The Hall–Kier alpha value is -2.62. The highest BCUT2D eigenvalue weighted by Crippen LogP contribution is 2.24. The Balaban J connectivity index is 2.02. The Kier molecular flexibility index (Phi) is 5.72. The van der Waals surface area contributed by atoms with Crippen molar-refractivity contribution in [3.05, 3.63) is 82.2 Å². The molecule has 2 aromatic carbocycles. The van der Waals surface area contributed by atoms with E-state index in [1.807, 2.05) is 24.3 Å². The van der Waals surface area contributed by atoms with Gasteiger partial charge in [-0.2, -0.15) is 0 Å². The lowest BCUT2D eigenvalue weighted by Gasteiger charge is -2.18. The van der Waals surface area contributed by atoms with E-state index in [2.05, 4.69) is 10.0 Å². The first kappa shape index (κ1) is 15.8. The molecule has 0 fully saturated rings. The number of azide groups is 1. The highest BCUT2D eigenvalue weighted by molar-refractivity contribution is 5.95. The number of carbonyl (C=O) groups excluding carboxylic acids is 1. The van der Waals surface area contributed by atoms with Gasteiger partial charge in [-0.15, -0.1) is 0 Å². The lowest BCUT2D eigenvalue weighted by atomic mass is 9.96. The highest BCUT2D eigenvalue weighted by atomic mass is 16.3. The van der Waals surface area contributed by atoms with Crippen molar-refractivity contribution in [1.82, 2.24) is 0 Å². The van der Waals surface area contributed by atoms with Crippen LogP contribution in [-0.4, -0.2) is 17.0 Å². The summed E-state index contributed by atoms with van der Waals surface area (Å²) in [5.41, 5.74) is 10.0. The molecule has 0 heterocycles. The topological polar surface area (TPSA) is 86.1 Å². The Morgan fingerprint density at radius 2 is 1.68 bits per heavy atom. The van der Waals surface area contributed by atoms with Gasteiger partial charge >= 0.3 is 0 Å². The molecule has 0 unspecified atom stereocenters. The van der Waals surface area contributed by atoms with Crippen LogP contribution < -0.4 is 0 Å². The van der Waals surface area contributed by atoms with E-state index in [9.17, 15) is 9.90 Å². The molecule has 1 N–H and O–H groups in total. The summed E-state index contributed by atoms with van der Waals surface area (Å²) >= 11 is 0. The number of ketones is 1. The molecular weight excluding hydrogens is 278 g/mol. The van der Waals surface area contributed by atoms with Crippen molar-refractivity contribution < 1.29 is 9.90 Å². The molecule has 0 aliphatic rings. The third-order valence-electron chi connectivity index (χ3n) is 3.44. The van der Waals surface area contributed by atoms with Gasteiger partial charge in [0.2, 0.25) is 0 Å². The first-order valence-electron chi connectivity index (χ1n) is 7.08. The minimum absolute atomic E-state index is 0.0348. The average molecular weight is 295 g/mol. The Morgan fingerprint density at radius 1 is 1.09 bits per heavy atom. The number of aliphatic hydroxyl groups is 1. The Bertz CT molecular complexity index is 652. The van der Waals surface area contributed by atoms with E-state index in [4.69, 9.17) is 5.53 Å². The molecule has 0 saturated carbocycles.